The van der Waals surface area contributed by atoms with Gasteiger partial charge >= 0.3 is 0 Å². The highest BCUT2D eigenvalue weighted by Gasteiger charge is 2.28. The third kappa shape index (κ3) is 4.42. The lowest BCUT2D eigenvalue weighted by Crippen LogP contribution is -2.44. The molecule has 3 rings (SSSR count). The zero-order valence-electron chi connectivity index (χ0n) is 15.7. The summed E-state index contributed by atoms with van der Waals surface area (Å²) in [5.74, 6) is 1.53. The van der Waals surface area contributed by atoms with Crippen LogP contribution in [0.2, 0.25) is 5.02 Å². The molecule has 1 atom stereocenters. The number of likely N-dealkylation sites (tertiary alicyclic amines) is 1. The minimum atomic E-state index is -0.150. The maximum atomic E-state index is 13.0. The van der Waals surface area contributed by atoms with Crippen molar-refractivity contribution >= 4 is 23.3 Å². The first-order valence-corrected chi connectivity index (χ1v) is 9.15. The van der Waals surface area contributed by atoms with E-state index in [2.05, 4.69) is 9.97 Å². The Labute approximate surface area is 163 Å². The van der Waals surface area contributed by atoms with Gasteiger partial charge in [0.2, 0.25) is 0 Å². The second-order valence-corrected chi connectivity index (χ2v) is 6.99. The molecule has 0 spiro atoms. The number of amides is 1. The number of aromatic nitrogens is 2. The molecule has 1 amide bonds. The number of carbonyl (C=O) groups is 1. The highest BCUT2D eigenvalue weighted by atomic mass is 35.5. The molecule has 27 heavy (non-hydrogen) atoms. The van der Waals surface area contributed by atoms with Crippen LogP contribution in [-0.4, -0.2) is 61.2 Å². The zero-order chi connectivity index (χ0) is 19.4. The molecule has 1 aliphatic rings. The van der Waals surface area contributed by atoms with Crippen LogP contribution >= 0.6 is 11.6 Å². The Balaban J connectivity index is 1.75. The molecule has 0 saturated carbocycles. The molecule has 2 heterocycles. The Hall–Kier alpha value is -2.54. The van der Waals surface area contributed by atoms with Crippen molar-refractivity contribution in [1.82, 2.24) is 14.9 Å². The van der Waals surface area contributed by atoms with Gasteiger partial charge in [0, 0.05) is 38.1 Å². The normalized spacial score (nSPS) is 16.7. The summed E-state index contributed by atoms with van der Waals surface area (Å²) in [5, 5.41) is 0.499. The molecular formula is C19H23ClN4O3. The highest BCUT2D eigenvalue weighted by Crippen LogP contribution is 2.27. The largest absolute Gasteiger partial charge is 0.496 e. The SMILES string of the molecule is COc1ccc(Cl)cc1C(=O)N1CCCC(Oc2nccnc2N(C)C)C1. The third-order valence-corrected chi connectivity index (χ3v) is 4.64. The van der Waals surface area contributed by atoms with Gasteiger partial charge < -0.3 is 19.3 Å². The fourth-order valence-corrected chi connectivity index (χ4v) is 3.27. The van der Waals surface area contributed by atoms with Crippen LogP contribution in [0.5, 0.6) is 11.6 Å². The second kappa shape index (κ2) is 8.43. The number of hydrogen-bond acceptors (Lipinski definition) is 6. The fourth-order valence-electron chi connectivity index (χ4n) is 3.10. The van der Waals surface area contributed by atoms with Gasteiger partial charge in [0.05, 0.1) is 19.2 Å². The van der Waals surface area contributed by atoms with Crippen LogP contribution in [0.3, 0.4) is 0 Å². The summed E-state index contributed by atoms with van der Waals surface area (Å²) in [6, 6.07) is 5.05. The van der Waals surface area contributed by atoms with Crippen LogP contribution in [0, 0.1) is 0 Å². The van der Waals surface area contributed by atoms with E-state index in [0.29, 0.717) is 41.1 Å². The average Bonchev–Trinajstić information content (AvgIpc) is 2.68. The van der Waals surface area contributed by atoms with E-state index in [1.807, 2.05) is 19.0 Å². The number of carbonyl (C=O) groups excluding carboxylic acids is 1. The van der Waals surface area contributed by atoms with Crippen molar-refractivity contribution in [2.75, 3.05) is 39.2 Å². The Kier molecular flexibility index (Phi) is 6.01. The van der Waals surface area contributed by atoms with Crippen LogP contribution in [0.1, 0.15) is 23.2 Å². The molecule has 1 aliphatic heterocycles. The summed E-state index contributed by atoms with van der Waals surface area (Å²) in [6.07, 6.45) is 4.77. The van der Waals surface area contributed by atoms with Gasteiger partial charge in [-0.05, 0) is 31.0 Å². The summed E-state index contributed by atoms with van der Waals surface area (Å²) >= 11 is 6.07. The number of anilines is 1. The van der Waals surface area contributed by atoms with E-state index in [-0.39, 0.29) is 12.0 Å². The van der Waals surface area contributed by atoms with Crippen molar-refractivity contribution in [3.63, 3.8) is 0 Å². The standard InChI is InChI=1S/C19H23ClN4O3/c1-23(2)17-18(22-9-8-21-17)27-14-5-4-10-24(12-14)19(25)15-11-13(20)6-7-16(15)26-3/h6-9,11,14H,4-5,10,12H2,1-3H3. The molecule has 1 unspecified atom stereocenters. The predicted molar refractivity (Wildman–Crippen MR) is 104 cm³/mol. The van der Waals surface area contributed by atoms with Gasteiger partial charge in [0.1, 0.15) is 11.9 Å². The maximum absolute atomic E-state index is 13.0. The Bertz CT molecular complexity index is 815. The molecule has 7 nitrogen and oxygen atoms in total. The second-order valence-electron chi connectivity index (χ2n) is 6.56. The topological polar surface area (TPSA) is 67.8 Å². The smallest absolute Gasteiger partial charge is 0.257 e. The lowest BCUT2D eigenvalue weighted by Gasteiger charge is -2.33. The van der Waals surface area contributed by atoms with Gasteiger partial charge in [0.15, 0.2) is 5.82 Å². The molecule has 144 valence electrons. The molecule has 1 saturated heterocycles. The van der Waals surface area contributed by atoms with Crippen molar-refractivity contribution in [3.05, 3.63) is 41.2 Å². The summed E-state index contributed by atoms with van der Waals surface area (Å²) in [6.45, 7) is 1.13. The Morgan fingerprint density at radius 2 is 2.07 bits per heavy atom. The molecule has 0 aliphatic carbocycles. The average molecular weight is 391 g/mol. The molecule has 0 bridgehead atoms. The molecule has 0 radical (unpaired) electrons. The number of piperidine rings is 1. The number of methoxy groups -OCH3 is 1. The van der Waals surface area contributed by atoms with E-state index >= 15 is 0 Å². The van der Waals surface area contributed by atoms with E-state index < -0.39 is 0 Å². The first-order valence-electron chi connectivity index (χ1n) is 8.77. The number of hydrogen-bond donors (Lipinski definition) is 0. The number of rotatable bonds is 5. The molecule has 1 aromatic carbocycles. The number of ether oxygens (including phenoxy) is 2. The quantitative estimate of drug-likeness (QED) is 0.782. The summed E-state index contributed by atoms with van der Waals surface area (Å²) in [4.78, 5) is 25.2. The van der Waals surface area contributed by atoms with E-state index in [0.717, 1.165) is 12.8 Å². The lowest BCUT2D eigenvalue weighted by molar-refractivity contribution is 0.0525. The van der Waals surface area contributed by atoms with Crippen molar-refractivity contribution in [1.29, 1.82) is 0 Å². The van der Waals surface area contributed by atoms with Gasteiger partial charge in [-0.15, -0.1) is 0 Å². The van der Waals surface area contributed by atoms with Gasteiger partial charge in [-0.25, -0.2) is 9.97 Å². The first-order chi connectivity index (χ1) is 13.0. The van der Waals surface area contributed by atoms with Crippen LogP contribution in [0.15, 0.2) is 30.6 Å². The van der Waals surface area contributed by atoms with Gasteiger partial charge in [-0.2, -0.15) is 0 Å². The van der Waals surface area contributed by atoms with Crippen molar-refractivity contribution in [2.24, 2.45) is 0 Å². The summed E-state index contributed by atoms with van der Waals surface area (Å²) in [7, 11) is 5.32. The van der Waals surface area contributed by atoms with Crippen LogP contribution < -0.4 is 14.4 Å². The molecule has 8 heteroatoms. The fraction of sp³-hybridized carbons (Fsp3) is 0.421. The van der Waals surface area contributed by atoms with Gasteiger partial charge in [-0.1, -0.05) is 11.6 Å². The van der Waals surface area contributed by atoms with Crippen LogP contribution in [0.4, 0.5) is 5.82 Å². The van der Waals surface area contributed by atoms with Crippen molar-refractivity contribution in [3.8, 4) is 11.6 Å². The molecule has 0 N–H and O–H groups in total. The van der Waals surface area contributed by atoms with E-state index in [9.17, 15) is 4.79 Å². The molecule has 2 aromatic rings. The third-order valence-electron chi connectivity index (χ3n) is 4.41. The van der Waals surface area contributed by atoms with E-state index in [1.165, 1.54) is 0 Å². The molecule has 1 aromatic heterocycles. The molecule has 1 fully saturated rings. The zero-order valence-corrected chi connectivity index (χ0v) is 16.4. The van der Waals surface area contributed by atoms with Crippen LogP contribution in [-0.2, 0) is 0 Å². The number of benzene rings is 1. The summed E-state index contributed by atoms with van der Waals surface area (Å²) < 4.78 is 11.4. The number of halogens is 1. The predicted octanol–water partition coefficient (Wildman–Crippen LogP) is 2.89. The van der Waals surface area contributed by atoms with Crippen molar-refractivity contribution in [2.45, 2.75) is 18.9 Å². The highest BCUT2D eigenvalue weighted by molar-refractivity contribution is 6.31. The van der Waals surface area contributed by atoms with Gasteiger partial charge in [-0.3, -0.25) is 4.79 Å². The van der Waals surface area contributed by atoms with Crippen molar-refractivity contribution < 1.29 is 14.3 Å². The summed E-state index contributed by atoms with van der Waals surface area (Å²) in [5.41, 5.74) is 0.458. The first kappa shape index (κ1) is 19.2. The van der Waals surface area contributed by atoms with E-state index in [4.69, 9.17) is 21.1 Å². The minimum absolute atomic E-state index is 0.116. The van der Waals surface area contributed by atoms with E-state index in [1.54, 1.807) is 42.6 Å². The Morgan fingerprint density at radius 1 is 1.30 bits per heavy atom. The Morgan fingerprint density at radius 3 is 2.81 bits per heavy atom. The minimum Gasteiger partial charge on any atom is -0.496 e. The number of nitrogens with zero attached hydrogens (tertiary/aromatic N) is 4. The van der Waals surface area contributed by atoms with Crippen LogP contribution in [0.25, 0.3) is 0 Å². The van der Waals surface area contributed by atoms with Gasteiger partial charge in [0.25, 0.3) is 11.8 Å². The lowest BCUT2D eigenvalue weighted by atomic mass is 10.1. The maximum Gasteiger partial charge on any atom is 0.257 e. The monoisotopic (exact) mass is 390 g/mol. The molecular weight excluding hydrogens is 368 g/mol.